The van der Waals surface area contributed by atoms with E-state index in [0.29, 0.717) is 13.2 Å². The van der Waals surface area contributed by atoms with E-state index in [0.717, 1.165) is 39.1 Å². The van der Waals surface area contributed by atoms with Gasteiger partial charge in [0.25, 0.3) is 0 Å². The van der Waals surface area contributed by atoms with Crippen molar-refractivity contribution in [1.29, 1.82) is 0 Å². The lowest BCUT2D eigenvalue weighted by Crippen LogP contribution is -2.50. The second-order valence-corrected chi connectivity index (χ2v) is 4.83. The van der Waals surface area contributed by atoms with E-state index in [-0.39, 0.29) is 24.4 Å². The Morgan fingerprint density at radius 1 is 0.833 bits per heavy atom. The first-order valence-electron chi connectivity index (χ1n) is 6.91. The van der Waals surface area contributed by atoms with Crippen LogP contribution in [-0.2, 0) is 18.9 Å². The fourth-order valence-corrected chi connectivity index (χ4v) is 2.39. The van der Waals surface area contributed by atoms with Crippen LogP contribution in [0.15, 0.2) is 0 Å². The van der Waals surface area contributed by atoms with E-state index >= 15 is 0 Å². The smallest absolute Gasteiger partial charge is 0.115 e. The van der Waals surface area contributed by atoms with Crippen molar-refractivity contribution in [2.24, 2.45) is 0 Å². The minimum atomic E-state index is 0.0413. The Kier molecular flexibility index (Phi) is 5.81. The molecule has 6 N–H and O–H groups in total. The maximum absolute atomic E-state index is 5.78. The summed E-state index contributed by atoms with van der Waals surface area (Å²) < 4.78 is 23.1. The molecule has 0 bridgehead atoms. The van der Waals surface area contributed by atoms with Crippen LogP contribution in [0.1, 0.15) is 12.8 Å². The van der Waals surface area contributed by atoms with E-state index < -0.39 is 0 Å². The van der Waals surface area contributed by atoms with Crippen molar-refractivity contribution in [1.82, 2.24) is 0 Å². The number of hydrogen-bond donors (Lipinski definition) is 2. The zero-order valence-electron chi connectivity index (χ0n) is 11.0. The monoisotopic (exact) mass is 262 g/mol. The van der Waals surface area contributed by atoms with Gasteiger partial charge in [-0.2, -0.15) is 0 Å². The molecule has 2 aliphatic rings. The van der Waals surface area contributed by atoms with Crippen LogP contribution in [0.4, 0.5) is 0 Å². The van der Waals surface area contributed by atoms with Gasteiger partial charge in [-0.05, 0) is 0 Å². The lowest BCUT2D eigenvalue weighted by Gasteiger charge is -2.17. The molecule has 0 aromatic carbocycles. The average molecular weight is 262 g/mol. The van der Waals surface area contributed by atoms with Crippen LogP contribution in [-0.4, -0.2) is 63.9 Å². The van der Waals surface area contributed by atoms with Gasteiger partial charge in [0.15, 0.2) is 0 Å². The van der Waals surface area contributed by atoms with E-state index in [1.54, 1.807) is 0 Å². The maximum Gasteiger partial charge on any atom is 0.115 e. The highest BCUT2D eigenvalue weighted by Gasteiger charge is 2.48. The number of ether oxygens (including phenoxy) is 4. The summed E-state index contributed by atoms with van der Waals surface area (Å²) in [4.78, 5) is 0. The largest absolute Gasteiger partial charge is 0.373 e. The predicted octanol–water partition coefficient (Wildman–Crippen LogP) is -2.18. The minimum Gasteiger partial charge on any atom is -0.373 e. The Balaban J connectivity index is 1.72. The van der Waals surface area contributed by atoms with Gasteiger partial charge in [-0.25, -0.2) is 0 Å². The van der Waals surface area contributed by atoms with E-state index in [2.05, 4.69) is 11.5 Å². The maximum atomic E-state index is 5.78. The standard InChI is InChI=1S/C12H24N2O4/c13-3-1-5-15-9-7-17-12-10(8-18-11(9)12)16-6-2-4-14/h9-12H,1-8,13-14H2/p+2/t9-,10+,11-,12-/m1/s1. The quantitative estimate of drug-likeness (QED) is 0.486. The summed E-state index contributed by atoms with van der Waals surface area (Å²) in [7, 11) is 0. The topological polar surface area (TPSA) is 92.2 Å². The SMILES string of the molecule is [NH3+]CCCO[C@H]1CO[C@H]2[C@@H]1OC[C@H]2OCCC[NH3+]. The molecule has 2 rings (SSSR count). The van der Waals surface area contributed by atoms with Gasteiger partial charge in [0.1, 0.15) is 24.4 Å². The predicted molar refractivity (Wildman–Crippen MR) is 63.7 cm³/mol. The molecule has 0 spiro atoms. The van der Waals surface area contributed by atoms with Crippen LogP contribution in [0, 0.1) is 0 Å². The fraction of sp³-hybridized carbons (Fsp3) is 1.00. The normalized spacial score (nSPS) is 35.0. The molecule has 0 aromatic heterocycles. The van der Waals surface area contributed by atoms with Crippen LogP contribution in [0.2, 0.25) is 0 Å². The second kappa shape index (κ2) is 7.37. The van der Waals surface area contributed by atoms with Gasteiger partial charge >= 0.3 is 0 Å². The second-order valence-electron chi connectivity index (χ2n) is 4.83. The number of hydrogen-bond acceptors (Lipinski definition) is 4. The molecule has 2 heterocycles. The van der Waals surface area contributed by atoms with Gasteiger partial charge in [0.05, 0.1) is 39.5 Å². The third-order valence-corrected chi connectivity index (χ3v) is 3.42. The van der Waals surface area contributed by atoms with Gasteiger partial charge in [-0.15, -0.1) is 0 Å². The summed E-state index contributed by atoms with van der Waals surface area (Å²) in [5.41, 5.74) is 7.61. The Morgan fingerprint density at radius 2 is 1.28 bits per heavy atom. The molecule has 6 heteroatoms. The summed E-state index contributed by atoms with van der Waals surface area (Å²) in [6.07, 6.45) is 2.17. The first-order chi connectivity index (χ1) is 8.86. The lowest BCUT2D eigenvalue weighted by atomic mass is 10.1. The van der Waals surface area contributed by atoms with E-state index in [4.69, 9.17) is 18.9 Å². The van der Waals surface area contributed by atoms with Crippen molar-refractivity contribution in [3.8, 4) is 0 Å². The molecule has 0 amide bonds. The van der Waals surface area contributed by atoms with Crippen LogP contribution < -0.4 is 11.5 Å². The molecule has 106 valence electrons. The molecule has 0 saturated carbocycles. The Bertz CT molecular complexity index is 218. The molecular formula is C12H26N2O4+2. The van der Waals surface area contributed by atoms with Gasteiger partial charge < -0.3 is 30.4 Å². The third-order valence-electron chi connectivity index (χ3n) is 3.42. The fourth-order valence-electron chi connectivity index (χ4n) is 2.39. The van der Waals surface area contributed by atoms with Crippen molar-refractivity contribution in [3.05, 3.63) is 0 Å². The van der Waals surface area contributed by atoms with Crippen LogP contribution >= 0.6 is 0 Å². The molecule has 2 saturated heterocycles. The molecule has 18 heavy (non-hydrogen) atoms. The van der Waals surface area contributed by atoms with E-state index in [1.807, 2.05) is 0 Å². The Hall–Kier alpha value is -0.240. The summed E-state index contributed by atoms with van der Waals surface area (Å²) >= 11 is 0. The number of fused-ring (bicyclic) bond motifs is 1. The van der Waals surface area contributed by atoms with Crippen molar-refractivity contribution in [2.75, 3.05) is 39.5 Å². The summed E-state index contributed by atoms with van der Waals surface area (Å²) in [5.74, 6) is 0. The third kappa shape index (κ3) is 3.40. The molecule has 0 aromatic rings. The summed E-state index contributed by atoms with van der Waals surface area (Å²) in [5, 5.41) is 0. The van der Waals surface area contributed by atoms with Gasteiger partial charge in [0.2, 0.25) is 0 Å². The molecule has 6 nitrogen and oxygen atoms in total. The molecule has 0 unspecified atom stereocenters. The Morgan fingerprint density at radius 3 is 1.67 bits per heavy atom. The molecule has 0 aliphatic carbocycles. The first-order valence-corrected chi connectivity index (χ1v) is 6.91. The first kappa shape index (κ1) is 14.2. The van der Waals surface area contributed by atoms with Crippen LogP contribution in [0.5, 0.6) is 0 Å². The highest BCUT2D eigenvalue weighted by molar-refractivity contribution is 4.95. The van der Waals surface area contributed by atoms with Crippen molar-refractivity contribution in [3.63, 3.8) is 0 Å². The molecule has 4 atom stereocenters. The summed E-state index contributed by atoms with van der Waals surface area (Å²) in [6, 6.07) is 0. The van der Waals surface area contributed by atoms with E-state index in [9.17, 15) is 0 Å². The van der Waals surface area contributed by atoms with Gasteiger partial charge in [-0.1, -0.05) is 0 Å². The average Bonchev–Trinajstić information content (AvgIpc) is 2.94. The molecule has 2 fully saturated rings. The zero-order valence-corrected chi connectivity index (χ0v) is 11.0. The zero-order chi connectivity index (χ0) is 12.8. The van der Waals surface area contributed by atoms with Crippen molar-refractivity contribution in [2.45, 2.75) is 37.3 Å². The Labute approximate surface area is 108 Å². The number of quaternary nitrogens is 2. The van der Waals surface area contributed by atoms with Crippen molar-refractivity contribution >= 4 is 0 Å². The lowest BCUT2D eigenvalue weighted by molar-refractivity contribution is -0.370. The molecule has 0 radical (unpaired) electrons. The van der Waals surface area contributed by atoms with Crippen LogP contribution in [0.3, 0.4) is 0 Å². The van der Waals surface area contributed by atoms with Gasteiger partial charge in [-0.3, -0.25) is 0 Å². The highest BCUT2D eigenvalue weighted by Crippen LogP contribution is 2.30. The van der Waals surface area contributed by atoms with E-state index in [1.165, 1.54) is 0 Å². The minimum absolute atomic E-state index is 0.0413. The molecular weight excluding hydrogens is 236 g/mol. The summed E-state index contributed by atoms with van der Waals surface area (Å²) in [6.45, 7) is 4.50. The highest BCUT2D eigenvalue weighted by atomic mass is 16.6. The van der Waals surface area contributed by atoms with Crippen LogP contribution in [0.25, 0.3) is 0 Å². The number of rotatable bonds is 8. The van der Waals surface area contributed by atoms with Crippen molar-refractivity contribution < 1.29 is 30.4 Å². The molecule has 2 aliphatic heterocycles. The van der Waals surface area contributed by atoms with Gasteiger partial charge in [0, 0.05) is 12.8 Å².